The molecule has 1 aromatic carbocycles. The molecule has 0 bridgehead atoms. The first-order chi connectivity index (χ1) is 8.36. The largest absolute Gasteiger partial charge is 0.416 e. The molecule has 1 aliphatic rings. The Morgan fingerprint density at radius 3 is 2.67 bits per heavy atom. The van der Waals surface area contributed by atoms with Gasteiger partial charge in [0.15, 0.2) is 0 Å². The van der Waals surface area contributed by atoms with Crippen molar-refractivity contribution >= 4 is 5.69 Å². The van der Waals surface area contributed by atoms with Crippen molar-refractivity contribution in [3.8, 4) is 0 Å². The number of nitrogens with one attached hydrogen (secondary N) is 1. The van der Waals surface area contributed by atoms with Crippen molar-refractivity contribution in [3.05, 3.63) is 29.3 Å². The quantitative estimate of drug-likeness (QED) is 0.877. The maximum Gasteiger partial charge on any atom is 0.416 e. The first-order valence-electron chi connectivity index (χ1n) is 5.97. The third kappa shape index (κ3) is 2.96. The summed E-state index contributed by atoms with van der Waals surface area (Å²) in [6.07, 6.45) is -2.69. The van der Waals surface area contributed by atoms with Gasteiger partial charge in [-0.1, -0.05) is 0 Å². The van der Waals surface area contributed by atoms with Crippen molar-refractivity contribution < 1.29 is 13.2 Å². The Hall–Kier alpha value is -1.23. The zero-order chi connectivity index (χ0) is 13.3. The zero-order valence-electron chi connectivity index (χ0n) is 10.5. The molecule has 0 aliphatic carbocycles. The van der Waals surface area contributed by atoms with E-state index in [4.69, 9.17) is 0 Å². The van der Waals surface area contributed by atoms with Gasteiger partial charge >= 0.3 is 6.18 Å². The van der Waals surface area contributed by atoms with Crippen LogP contribution in [0, 0.1) is 0 Å². The highest BCUT2D eigenvalue weighted by molar-refractivity contribution is 5.55. The van der Waals surface area contributed by atoms with Gasteiger partial charge in [0.25, 0.3) is 0 Å². The van der Waals surface area contributed by atoms with E-state index in [9.17, 15) is 13.2 Å². The minimum Gasteiger partial charge on any atom is -0.381 e. The Kier molecular flexibility index (Phi) is 3.52. The van der Waals surface area contributed by atoms with Crippen LogP contribution >= 0.6 is 0 Å². The minimum atomic E-state index is -4.25. The van der Waals surface area contributed by atoms with E-state index >= 15 is 0 Å². The normalized spacial score (nSPS) is 19.6. The summed E-state index contributed by atoms with van der Waals surface area (Å²) >= 11 is 0. The molecule has 18 heavy (non-hydrogen) atoms. The second kappa shape index (κ2) is 4.80. The number of nitrogens with zero attached hydrogens (tertiary/aromatic N) is 1. The number of aryl methyl sites for hydroxylation is 1. The van der Waals surface area contributed by atoms with Gasteiger partial charge in [-0.15, -0.1) is 0 Å². The molecular weight excluding hydrogens is 241 g/mol. The number of rotatable bonds is 2. The summed E-state index contributed by atoms with van der Waals surface area (Å²) in [5.74, 6) is 0. The number of anilines is 1. The maximum atomic E-state index is 12.6. The van der Waals surface area contributed by atoms with Crippen LogP contribution in [0.15, 0.2) is 18.2 Å². The molecule has 0 saturated carbocycles. The second-order valence-electron chi connectivity index (χ2n) is 5.01. The van der Waals surface area contributed by atoms with E-state index in [1.165, 1.54) is 6.07 Å². The number of fused-ring (bicyclic) bond motifs is 1. The van der Waals surface area contributed by atoms with Crippen LogP contribution < -0.4 is 5.32 Å². The number of likely N-dealkylation sites (N-methyl/N-ethyl adjacent to an activating group) is 1. The third-order valence-corrected chi connectivity index (χ3v) is 3.14. The van der Waals surface area contributed by atoms with Crippen LogP contribution in [0.4, 0.5) is 18.9 Å². The summed E-state index contributed by atoms with van der Waals surface area (Å²) in [4.78, 5) is 2.08. The van der Waals surface area contributed by atoms with Gasteiger partial charge in [0.2, 0.25) is 0 Å². The van der Waals surface area contributed by atoms with Crippen LogP contribution in [-0.4, -0.2) is 31.6 Å². The minimum absolute atomic E-state index is 0.309. The fourth-order valence-electron chi connectivity index (χ4n) is 2.32. The monoisotopic (exact) mass is 258 g/mol. The third-order valence-electron chi connectivity index (χ3n) is 3.14. The first kappa shape index (κ1) is 13.2. The molecule has 2 nitrogen and oxygen atoms in total. The molecule has 5 heteroatoms. The van der Waals surface area contributed by atoms with Crippen molar-refractivity contribution in [1.82, 2.24) is 4.90 Å². The lowest BCUT2D eigenvalue weighted by Crippen LogP contribution is -2.35. The van der Waals surface area contributed by atoms with E-state index in [2.05, 4.69) is 10.2 Å². The highest BCUT2D eigenvalue weighted by atomic mass is 19.4. The lowest BCUT2D eigenvalue weighted by Gasteiger charge is -2.29. The molecule has 0 amide bonds. The van der Waals surface area contributed by atoms with E-state index < -0.39 is 11.7 Å². The van der Waals surface area contributed by atoms with E-state index in [0.717, 1.165) is 30.3 Å². The fourth-order valence-corrected chi connectivity index (χ4v) is 2.32. The van der Waals surface area contributed by atoms with Gasteiger partial charge in [-0.05, 0) is 50.7 Å². The van der Waals surface area contributed by atoms with Crippen molar-refractivity contribution in [1.29, 1.82) is 0 Å². The SMILES string of the molecule is CN(C)CC1CCc2cc(C(F)(F)F)ccc2N1. The lowest BCUT2D eigenvalue weighted by molar-refractivity contribution is -0.137. The Morgan fingerprint density at radius 1 is 1.33 bits per heavy atom. The van der Waals surface area contributed by atoms with E-state index in [0.29, 0.717) is 12.5 Å². The summed E-state index contributed by atoms with van der Waals surface area (Å²) in [6.45, 7) is 0.889. The summed E-state index contributed by atoms with van der Waals surface area (Å²) in [5.41, 5.74) is 1.04. The molecular formula is C13H17F3N2. The number of alkyl halides is 3. The molecule has 0 aromatic heterocycles. The highest BCUT2D eigenvalue weighted by Gasteiger charge is 2.31. The Morgan fingerprint density at radius 2 is 2.06 bits per heavy atom. The molecule has 1 N–H and O–H groups in total. The molecule has 1 unspecified atom stereocenters. The molecule has 100 valence electrons. The van der Waals surface area contributed by atoms with Gasteiger partial charge in [0, 0.05) is 18.3 Å². The van der Waals surface area contributed by atoms with Gasteiger partial charge in [0.1, 0.15) is 0 Å². The van der Waals surface area contributed by atoms with Crippen LogP contribution in [0.2, 0.25) is 0 Å². The zero-order valence-corrected chi connectivity index (χ0v) is 10.5. The van der Waals surface area contributed by atoms with Crippen LogP contribution in [0.25, 0.3) is 0 Å². The molecule has 1 aliphatic heterocycles. The van der Waals surface area contributed by atoms with Crippen molar-refractivity contribution in [2.24, 2.45) is 0 Å². The number of benzene rings is 1. The molecule has 1 aromatic rings. The highest BCUT2D eigenvalue weighted by Crippen LogP contribution is 2.34. The number of hydrogen-bond acceptors (Lipinski definition) is 2. The van der Waals surface area contributed by atoms with Crippen LogP contribution in [0.5, 0.6) is 0 Å². The molecule has 1 atom stereocenters. The number of halogens is 3. The van der Waals surface area contributed by atoms with E-state index in [-0.39, 0.29) is 0 Å². The predicted octanol–water partition coefficient (Wildman–Crippen LogP) is 2.99. The van der Waals surface area contributed by atoms with Gasteiger partial charge in [-0.3, -0.25) is 0 Å². The van der Waals surface area contributed by atoms with Crippen LogP contribution in [0.1, 0.15) is 17.5 Å². The van der Waals surface area contributed by atoms with Gasteiger partial charge < -0.3 is 10.2 Å². The summed E-state index contributed by atoms with van der Waals surface area (Å²) in [7, 11) is 3.98. The van der Waals surface area contributed by atoms with Gasteiger partial charge in [-0.25, -0.2) is 0 Å². The van der Waals surface area contributed by atoms with Crippen LogP contribution in [0.3, 0.4) is 0 Å². The standard InChI is InChI=1S/C13H17F3N2/c1-18(2)8-11-5-3-9-7-10(13(14,15)16)4-6-12(9)17-11/h4,6-7,11,17H,3,5,8H2,1-2H3. The molecule has 0 radical (unpaired) electrons. The van der Waals surface area contributed by atoms with E-state index in [1.807, 2.05) is 14.1 Å². The topological polar surface area (TPSA) is 15.3 Å². The first-order valence-corrected chi connectivity index (χ1v) is 5.97. The average Bonchev–Trinajstić information content (AvgIpc) is 2.26. The summed E-state index contributed by atoms with van der Waals surface area (Å²) in [5, 5.41) is 3.30. The molecule has 0 fully saturated rings. The molecule has 1 heterocycles. The number of hydrogen-bond donors (Lipinski definition) is 1. The van der Waals surface area contributed by atoms with Crippen molar-refractivity contribution in [2.75, 3.05) is 26.0 Å². The van der Waals surface area contributed by atoms with Crippen molar-refractivity contribution in [3.63, 3.8) is 0 Å². The smallest absolute Gasteiger partial charge is 0.381 e. The van der Waals surface area contributed by atoms with E-state index in [1.54, 1.807) is 6.07 Å². The Labute approximate surface area is 105 Å². The Bertz CT molecular complexity index is 427. The Balaban J connectivity index is 2.16. The maximum absolute atomic E-state index is 12.6. The summed E-state index contributed by atoms with van der Waals surface area (Å²) in [6, 6.07) is 4.25. The van der Waals surface area contributed by atoms with Crippen LogP contribution in [-0.2, 0) is 12.6 Å². The van der Waals surface area contributed by atoms with Gasteiger partial charge in [-0.2, -0.15) is 13.2 Å². The molecule has 0 saturated heterocycles. The van der Waals surface area contributed by atoms with Gasteiger partial charge in [0.05, 0.1) is 5.56 Å². The molecule has 0 spiro atoms. The van der Waals surface area contributed by atoms with Crippen molar-refractivity contribution in [2.45, 2.75) is 25.1 Å². The average molecular weight is 258 g/mol. The predicted molar refractivity (Wildman–Crippen MR) is 65.7 cm³/mol. The molecule has 2 rings (SSSR count). The summed E-state index contributed by atoms with van der Waals surface area (Å²) < 4.78 is 37.7. The lowest BCUT2D eigenvalue weighted by atomic mass is 9.96. The second-order valence-corrected chi connectivity index (χ2v) is 5.01. The fraction of sp³-hybridized carbons (Fsp3) is 0.538.